The lowest BCUT2D eigenvalue weighted by Crippen LogP contribution is -2.36. The number of morpholine rings is 1. The Morgan fingerprint density at radius 2 is 1.82 bits per heavy atom. The molecule has 1 saturated heterocycles. The van der Waals surface area contributed by atoms with Gasteiger partial charge in [-0.1, -0.05) is 41.9 Å². The first-order chi connectivity index (χ1) is 13.8. The standard InChI is InChI=1S/C20H21ClN6O/c21-16-6-2-1-5-15(16)13-22-19-14-23-26-20(25-19)24-17-7-3-4-8-18(17)27-9-11-28-12-10-27/h1-8,14H,9-13H2,(H2,22,24,25,26). The fourth-order valence-corrected chi connectivity index (χ4v) is 3.25. The molecule has 8 heteroatoms. The van der Waals surface area contributed by atoms with Crippen LogP contribution in [0.4, 0.5) is 23.1 Å². The Morgan fingerprint density at radius 3 is 2.68 bits per heavy atom. The van der Waals surface area contributed by atoms with Crippen LogP contribution in [0.25, 0.3) is 0 Å². The summed E-state index contributed by atoms with van der Waals surface area (Å²) in [6, 6.07) is 15.8. The highest BCUT2D eigenvalue weighted by Gasteiger charge is 2.15. The average molecular weight is 397 g/mol. The van der Waals surface area contributed by atoms with Gasteiger partial charge in [0.25, 0.3) is 0 Å². The fraction of sp³-hybridized carbons (Fsp3) is 0.250. The van der Waals surface area contributed by atoms with E-state index in [9.17, 15) is 0 Å². The number of nitrogens with zero attached hydrogens (tertiary/aromatic N) is 4. The predicted molar refractivity (Wildman–Crippen MR) is 111 cm³/mol. The summed E-state index contributed by atoms with van der Waals surface area (Å²) in [5.74, 6) is 1.06. The number of hydrogen-bond acceptors (Lipinski definition) is 7. The van der Waals surface area contributed by atoms with Gasteiger partial charge in [-0.3, -0.25) is 0 Å². The Labute approximate surface area is 168 Å². The number of anilines is 4. The fourth-order valence-electron chi connectivity index (χ4n) is 3.05. The molecule has 7 nitrogen and oxygen atoms in total. The van der Waals surface area contributed by atoms with Crippen molar-refractivity contribution in [3.63, 3.8) is 0 Å². The third-order valence-corrected chi connectivity index (χ3v) is 4.85. The van der Waals surface area contributed by atoms with E-state index in [0.29, 0.717) is 18.3 Å². The zero-order valence-electron chi connectivity index (χ0n) is 15.3. The molecule has 2 aromatic carbocycles. The highest BCUT2D eigenvalue weighted by atomic mass is 35.5. The molecule has 4 rings (SSSR count). The van der Waals surface area contributed by atoms with Gasteiger partial charge in [0.15, 0.2) is 5.82 Å². The third kappa shape index (κ3) is 4.49. The second-order valence-corrected chi connectivity index (χ2v) is 6.76. The topological polar surface area (TPSA) is 75.2 Å². The van der Waals surface area contributed by atoms with E-state index >= 15 is 0 Å². The zero-order valence-corrected chi connectivity index (χ0v) is 16.1. The van der Waals surface area contributed by atoms with Crippen LogP contribution >= 0.6 is 11.6 Å². The summed E-state index contributed by atoms with van der Waals surface area (Å²) in [7, 11) is 0. The number of hydrogen-bond donors (Lipinski definition) is 2. The van der Waals surface area contributed by atoms with Gasteiger partial charge in [-0.15, -0.1) is 5.10 Å². The van der Waals surface area contributed by atoms with Crippen LogP contribution in [0.1, 0.15) is 5.56 Å². The number of aromatic nitrogens is 3. The van der Waals surface area contributed by atoms with E-state index in [0.717, 1.165) is 48.3 Å². The number of rotatable bonds is 6. The SMILES string of the molecule is Clc1ccccc1CNc1cnnc(Nc2ccccc2N2CCOCC2)n1. The molecule has 2 N–H and O–H groups in total. The monoisotopic (exact) mass is 396 g/mol. The van der Waals surface area contributed by atoms with Crippen molar-refractivity contribution in [1.29, 1.82) is 0 Å². The van der Waals surface area contributed by atoms with Crippen LogP contribution in [0.3, 0.4) is 0 Å². The van der Waals surface area contributed by atoms with Crippen molar-refractivity contribution in [2.45, 2.75) is 6.54 Å². The second kappa shape index (κ2) is 8.86. The molecule has 0 bridgehead atoms. The second-order valence-electron chi connectivity index (χ2n) is 6.35. The normalized spacial score (nSPS) is 14.0. The average Bonchev–Trinajstić information content (AvgIpc) is 2.74. The Hall–Kier alpha value is -2.90. The van der Waals surface area contributed by atoms with Crippen LogP contribution in [-0.4, -0.2) is 41.5 Å². The largest absolute Gasteiger partial charge is 0.378 e. The minimum absolute atomic E-state index is 0.435. The van der Waals surface area contributed by atoms with Gasteiger partial charge in [-0.05, 0) is 23.8 Å². The Bertz CT molecular complexity index is 932. The molecule has 28 heavy (non-hydrogen) atoms. The Balaban J connectivity index is 1.47. The van der Waals surface area contributed by atoms with Crippen molar-refractivity contribution in [1.82, 2.24) is 15.2 Å². The molecular weight excluding hydrogens is 376 g/mol. The molecule has 0 aliphatic carbocycles. The van der Waals surface area contributed by atoms with Crippen LogP contribution in [0.2, 0.25) is 5.02 Å². The first-order valence-corrected chi connectivity index (χ1v) is 9.53. The molecule has 1 fully saturated rings. The number of ether oxygens (including phenoxy) is 1. The lowest BCUT2D eigenvalue weighted by atomic mass is 10.2. The van der Waals surface area contributed by atoms with Crippen LogP contribution in [0.5, 0.6) is 0 Å². The minimum Gasteiger partial charge on any atom is -0.378 e. The summed E-state index contributed by atoms with van der Waals surface area (Å²) in [5.41, 5.74) is 3.04. The lowest BCUT2D eigenvalue weighted by molar-refractivity contribution is 0.123. The van der Waals surface area contributed by atoms with Gasteiger partial charge >= 0.3 is 0 Å². The van der Waals surface area contributed by atoms with E-state index in [1.54, 1.807) is 6.20 Å². The smallest absolute Gasteiger partial charge is 0.249 e. The van der Waals surface area contributed by atoms with Crippen molar-refractivity contribution in [3.8, 4) is 0 Å². The zero-order chi connectivity index (χ0) is 19.2. The van der Waals surface area contributed by atoms with Crippen LogP contribution < -0.4 is 15.5 Å². The third-order valence-electron chi connectivity index (χ3n) is 4.48. The minimum atomic E-state index is 0.435. The molecule has 0 atom stereocenters. The molecule has 2 heterocycles. The Morgan fingerprint density at radius 1 is 1.04 bits per heavy atom. The summed E-state index contributed by atoms with van der Waals surface area (Å²) in [5, 5.41) is 15.4. The summed E-state index contributed by atoms with van der Waals surface area (Å²) in [6.07, 6.45) is 1.59. The summed E-state index contributed by atoms with van der Waals surface area (Å²) in [4.78, 5) is 6.81. The maximum Gasteiger partial charge on any atom is 0.249 e. The first kappa shape index (κ1) is 18.5. The van der Waals surface area contributed by atoms with E-state index in [4.69, 9.17) is 16.3 Å². The molecule has 0 saturated carbocycles. The predicted octanol–water partition coefficient (Wildman–Crippen LogP) is 3.72. The van der Waals surface area contributed by atoms with E-state index in [1.807, 2.05) is 42.5 Å². The molecule has 1 aliphatic rings. The summed E-state index contributed by atoms with van der Waals surface area (Å²) in [6.45, 7) is 3.73. The van der Waals surface area contributed by atoms with Crippen LogP contribution in [0.15, 0.2) is 54.7 Å². The number of para-hydroxylation sites is 2. The maximum absolute atomic E-state index is 6.21. The number of benzene rings is 2. The van der Waals surface area contributed by atoms with Crippen LogP contribution in [0, 0.1) is 0 Å². The van der Waals surface area contributed by atoms with Crippen LogP contribution in [-0.2, 0) is 11.3 Å². The molecular formula is C20H21ClN6O. The molecule has 0 spiro atoms. The highest BCUT2D eigenvalue weighted by molar-refractivity contribution is 6.31. The molecule has 0 amide bonds. The van der Waals surface area contributed by atoms with E-state index in [2.05, 4.69) is 36.8 Å². The van der Waals surface area contributed by atoms with Crippen molar-refractivity contribution >= 4 is 34.7 Å². The van der Waals surface area contributed by atoms with Gasteiger partial charge in [0.05, 0.1) is 30.8 Å². The van der Waals surface area contributed by atoms with Gasteiger partial charge in [-0.25, -0.2) is 0 Å². The number of halogens is 1. The molecule has 0 unspecified atom stereocenters. The van der Waals surface area contributed by atoms with E-state index in [-0.39, 0.29) is 0 Å². The van der Waals surface area contributed by atoms with Crippen molar-refractivity contribution in [3.05, 3.63) is 65.3 Å². The van der Waals surface area contributed by atoms with Gasteiger partial charge in [0, 0.05) is 24.7 Å². The maximum atomic E-state index is 6.21. The van der Waals surface area contributed by atoms with Gasteiger partial charge in [0.2, 0.25) is 5.95 Å². The first-order valence-electron chi connectivity index (χ1n) is 9.15. The highest BCUT2D eigenvalue weighted by Crippen LogP contribution is 2.28. The summed E-state index contributed by atoms with van der Waals surface area (Å²) >= 11 is 6.21. The Kier molecular flexibility index (Phi) is 5.84. The molecule has 1 aliphatic heterocycles. The van der Waals surface area contributed by atoms with Gasteiger partial charge in [-0.2, -0.15) is 10.1 Å². The van der Waals surface area contributed by atoms with Crippen molar-refractivity contribution in [2.75, 3.05) is 41.8 Å². The lowest BCUT2D eigenvalue weighted by Gasteiger charge is -2.30. The van der Waals surface area contributed by atoms with Gasteiger partial charge in [0.1, 0.15) is 0 Å². The van der Waals surface area contributed by atoms with Gasteiger partial charge < -0.3 is 20.3 Å². The van der Waals surface area contributed by atoms with Crippen molar-refractivity contribution < 1.29 is 4.74 Å². The molecule has 0 radical (unpaired) electrons. The molecule has 3 aromatic rings. The van der Waals surface area contributed by atoms with E-state index < -0.39 is 0 Å². The van der Waals surface area contributed by atoms with Crippen molar-refractivity contribution in [2.24, 2.45) is 0 Å². The molecule has 144 valence electrons. The van der Waals surface area contributed by atoms with E-state index in [1.165, 1.54) is 0 Å². The molecule has 1 aromatic heterocycles. The number of nitrogens with one attached hydrogen (secondary N) is 2. The summed E-state index contributed by atoms with van der Waals surface area (Å²) < 4.78 is 5.45. The quantitative estimate of drug-likeness (QED) is 0.657.